The number of halogens is 1. The van der Waals surface area contributed by atoms with E-state index in [0.29, 0.717) is 6.54 Å². The molecule has 1 aliphatic rings. The summed E-state index contributed by atoms with van der Waals surface area (Å²) in [7, 11) is 0. The maximum atomic E-state index is 11.1. The molecule has 5 heteroatoms. The van der Waals surface area contributed by atoms with Gasteiger partial charge in [-0.25, -0.2) is 0 Å². The van der Waals surface area contributed by atoms with Gasteiger partial charge in [0.1, 0.15) is 6.61 Å². The molecule has 1 fully saturated rings. The third-order valence-electron chi connectivity index (χ3n) is 2.16. The lowest BCUT2D eigenvalue weighted by atomic mass is 10.5. The van der Waals surface area contributed by atoms with Crippen LogP contribution in [-0.2, 0) is 9.53 Å². The summed E-state index contributed by atoms with van der Waals surface area (Å²) in [5, 5.41) is 5.92. The Balaban J connectivity index is 0.00000196. The van der Waals surface area contributed by atoms with E-state index in [0.717, 1.165) is 25.6 Å². The monoisotopic (exact) mass is 236 g/mol. The Labute approximate surface area is 97.5 Å². The minimum Gasteiger partial charge on any atom is -0.371 e. The number of carbonyl (C=O) groups excluding carboxylic acids is 1. The normalized spacial score (nSPS) is 14.5. The predicted molar refractivity (Wildman–Crippen MR) is 62.3 cm³/mol. The Hall–Kier alpha value is -0.320. The number of hydrogen-bond donors (Lipinski definition) is 2. The molecule has 0 aromatic carbocycles. The summed E-state index contributed by atoms with van der Waals surface area (Å²) in [5.41, 5.74) is 0. The van der Waals surface area contributed by atoms with Crippen molar-refractivity contribution in [3.63, 3.8) is 0 Å². The molecule has 0 spiro atoms. The average molecular weight is 237 g/mol. The molecule has 0 aliphatic heterocycles. The van der Waals surface area contributed by atoms with Crippen LogP contribution < -0.4 is 10.6 Å². The summed E-state index contributed by atoms with van der Waals surface area (Å²) < 4.78 is 5.24. The van der Waals surface area contributed by atoms with Crippen molar-refractivity contribution in [2.45, 2.75) is 19.8 Å². The van der Waals surface area contributed by atoms with Gasteiger partial charge in [0.25, 0.3) is 0 Å². The van der Waals surface area contributed by atoms with Crippen molar-refractivity contribution in [3.8, 4) is 0 Å². The van der Waals surface area contributed by atoms with Gasteiger partial charge in [-0.3, -0.25) is 4.79 Å². The molecule has 0 atom stereocenters. The van der Waals surface area contributed by atoms with Crippen LogP contribution in [0.15, 0.2) is 0 Å². The zero-order valence-electron chi connectivity index (χ0n) is 9.25. The first kappa shape index (κ1) is 14.7. The fraction of sp³-hybridized carbons (Fsp3) is 0.900. The second-order valence-electron chi connectivity index (χ2n) is 3.66. The molecule has 4 nitrogen and oxygen atoms in total. The number of amides is 1. The quantitative estimate of drug-likeness (QED) is 0.606. The van der Waals surface area contributed by atoms with Crippen LogP contribution in [0.2, 0.25) is 0 Å². The molecule has 2 N–H and O–H groups in total. The molecule has 0 bridgehead atoms. The standard InChI is InChI=1S/C10H20N2O2.ClH/c1-2-11-5-6-12-10(13)8-14-7-9-3-4-9;/h9,11H,2-8H2,1H3,(H,12,13);1H. The molecule has 0 aromatic heterocycles. The Morgan fingerprint density at radius 2 is 2.13 bits per heavy atom. The van der Waals surface area contributed by atoms with Gasteiger partial charge in [-0.1, -0.05) is 6.92 Å². The van der Waals surface area contributed by atoms with E-state index < -0.39 is 0 Å². The van der Waals surface area contributed by atoms with Gasteiger partial charge < -0.3 is 15.4 Å². The lowest BCUT2D eigenvalue weighted by molar-refractivity contribution is -0.125. The highest BCUT2D eigenvalue weighted by Gasteiger charge is 2.21. The Morgan fingerprint density at radius 1 is 1.40 bits per heavy atom. The summed E-state index contributed by atoms with van der Waals surface area (Å²) in [4.78, 5) is 11.1. The minimum absolute atomic E-state index is 0. The first-order chi connectivity index (χ1) is 6.83. The van der Waals surface area contributed by atoms with Crippen molar-refractivity contribution in [1.82, 2.24) is 10.6 Å². The second-order valence-corrected chi connectivity index (χ2v) is 3.66. The van der Waals surface area contributed by atoms with E-state index in [1.165, 1.54) is 12.8 Å². The van der Waals surface area contributed by atoms with Gasteiger partial charge in [-0.2, -0.15) is 0 Å². The van der Waals surface area contributed by atoms with Crippen molar-refractivity contribution in [3.05, 3.63) is 0 Å². The van der Waals surface area contributed by atoms with E-state index >= 15 is 0 Å². The predicted octanol–water partition coefficient (Wildman–Crippen LogP) is 0.560. The molecule has 1 rings (SSSR count). The van der Waals surface area contributed by atoms with Crippen LogP contribution in [0.4, 0.5) is 0 Å². The van der Waals surface area contributed by atoms with Crippen LogP contribution >= 0.6 is 12.4 Å². The zero-order chi connectivity index (χ0) is 10.2. The molecule has 0 aromatic rings. The Kier molecular flexibility index (Phi) is 8.76. The lowest BCUT2D eigenvalue weighted by Gasteiger charge is -2.05. The Bertz CT molecular complexity index is 175. The summed E-state index contributed by atoms with van der Waals surface area (Å²) in [5.74, 6) is 0.716. The smallest absolute Gasteiger partial charge is 0.246 e. The van der Waals surface area contributed by atoms with Gasteiger partial charge in [0.2, 0.25) is 5.91 Å². The van der Waals surface area contributed by atoms with Crippen LogP contribution in [0, 0.1) is 5.92 Å². The van der Waals surface area contributed by atoms with Crippen LogP contribution in [0.25, 0.3) is 0 Å². The van der Waals surface area contributed by atoms with E-state index in [9.17, 15) is 4.79 Å². The molecule has 0 radical (unpaired) electrons. The van der Waals surface area contributed by atoms with E-state index in [-0.39, 0.29) is 24.9 Å². The van der Waals surface area contributed by atoms with Gasteiger partial charge in [0, 0.05) is 13.1 Å². The highest BCUT2D eigenvalue weighted by Crippen LogP contribution is 2.28. The third kappa shape index (κ3) is 8.66. The van der Waals surface area contributed by atoms with Gasteiger partial charge in [0.05, 0.1) is 6.61 Å². The molecule has 90 valence electrons. The van der Waals surface area contributed by atoms with Gasteiger partial charge in [0.15, 0.2) is 0 Å². The highest BCUT2D eigenvalue weighted by molar-refractivity contribution is 5.85. The fourth-order valence-corrected chi connectivity index (χ4v) is 1.12. The molecule has 0 saturated heterocycles. The van der Waals surface area contributed by atoms with Gasteiger partial charge >= 0.3 is 0 Å². The minimum atomic E-state index is -0.0106. The van der Waals surface area contributed by atoms with Gasteiger partial charge in [-0.15, -0.1) is 12.4 Å². The first-order valence-corrected chi connectivity index (χ1v) is 5.38. The summed E-state index contributed by atoms with van der Waals surface area (Å²) in [6.07, 6.45) is 2.53. The van der Waals surface area contributed by atoms with Crippen molar-refractivity contribution in [2.24, 2.45) is 5.92 Å². The molecular weight excluding hydrogens is 216 g/mol. The molecule has 1 amide bonds. The van der Waals surface area contributed by atoms with E-state index in [1.807, 2.05) is 6.92 Å². The number of carbonyl (C=O) groups is 1. The number of nitrogens with one attached hydrogen (secondary N) is 2. The second kappa shape index (κ2) is 8.95. The van der Waals surface area contributed by atoms with Crippen molar-refractivity contribution < 1.29 is 9.53 Å². The topological polar surface area (TPSA) is 50.4 Å². The lowest BCUT2D eigenvalue weighted by Crippen LogP contribution is -2.34. The van der Waals surface area contributed by atoms with E-state index in [2.05, 4.69) is 10.6 Å². The number of ether oxygens (including phenoxy) is 1. The summed E-state index contributed by atoms with van der Waals surface area (Å²) in [6.45, 7) is 5.45. The fourth-order valence-electron chi connectivity index (χ4n) is 1.12. The number of rotatable bonds is 8. The van der Waals surface area contributed by atoms with Gasteiger partial charge in [-0.05, 0) is 25.3 Å². The maximum absolute atomic E-state index is 11.1. The SMILES string of the molecule is CCNCCNC(=O)COCC1CC1.Cl. The largest absolute Gasteiger partial charge is 0.371 e. The van der Waals surface area contributed by atoms with E-state index in [4.69, 9.17) is 4.74 Å². The first-order valence-electron chi connectivity index (χ1n) is 5.38. The zero-order valence-corrected chi connectivity index (χ0v) is 10.1. The Morgan fingerprint density at radius 3 is 2.73 bits per heavy atom. The van der Waals surface area contributed by atoms with Crippen LogP contribution in [-0.4, -0.2) is 38.8 Å². The molecule has 15 heavy (non-hydrogen) atoms. The van der Waals surface area contributed by atoms with Crippen molar-refractivity contribution in [2.75, 3.05) is 32.8 Å². The van der Waals surface area contributed by atoms with Crippen molar-refractivity contribution >= 4 is 18.3 Å². The number of hydrogen-bond acceptors (Lipinski definition) is 3. The van der Waals surface area contributed by atoms with Crippen LogP contribution in [0.1, 0.15) is 19.8 Å². The number of likely N-dealkylation sites (N-methyl/N-ethyl adjacent to an activating group) is 1. The highest BCUT2D eigenvalue weighted by atomic mass is 35.5. The van der Waals surface area contributed by atoms with Crippen LogP contribution in [0.5, 0.6) is 0 Å². The molecule has 1 saturated carbocycles. The molecule has 1 aliphatic carbocycles. The van der Waals surface area contributed by atoms with E-state index in [1.54, 1.807) is 0 Å². The third-order valence-corrected chi connectivity index (χ3v) is 2.16. The van der Waals surface area contributed by atoms with Crippen molar-refractivity contribution in [1.29, 1.82) is 0 Å². The average Bonchev–Trinajstić information content (AvgIpc) is 2.96. The molecule has 0 unspecified atom stereocenters. The van der Waals surface area contributed by atoms with Crippen LogP contribution in [0.3, 0.4) is 0 Å². The summed E-state index contributed by atoms with van der Waals surface area (Å²) >= 11 is 0. The molecular formula is C10H21ClN2O2. The maximum Gasteiger partial charge on any atom is 0.246 e. The molecule has 0 heterocycles. The summed E-state index contributed by atoms with van der Waals surface area (Å²) in [6, 6.07) is 0.